The molecule has 0 aliphatic rings. The van der Waals surface area contributed by atoms with Crippen molar-refractivity contribution in [1.82, 2.24) is 19.7 Å². The first-order chi connectivity index (χ1) is 11.1. The van der Waals surface area contributed by atoms with Gasteiger partial charge < -0.3 is 10.5 Å². The molecule has 2 N–H and O–H groups in total. The van der Waals surface area contributed by atoms with Gasteiger partial charge in [-0.25, -0.2) is 9.97 Å². The summed E-state index contributed by atoms with van der Waals surface area (Å²) >= 11 is 0. The fraction of sp³-hybridized carbons (Fsp3) is 0.235. The van der Waals surface area contributed by atoms with E-state index < -0.39 is 0 Å². The Morgan fingerprint density at radius 2 is 1.78 bits per heavy atom. The van der Waals surface area contributed by atoms with Crippen molar-refractivity contribution in [3.8, 4) is 23.0 Å². The molecule has 0 saturated heterocycles. The SMILES string of the molecule is CCOc1ccc(-c2cc(C)nc(-n3nc(C)cc3N)n2)cc1. The molecule has 2 heterocycles. The summed E-state index contributed by atoms with van der Waals surface area (Å²) < 4.78 is 7.02. The summed E-state index contributed by atoms with van der Waals surface area (Å²) in [7, 11) is 0. The largest absolute Gasteiger partial charge is 0.494 e. The molecule has 23 heavy (non-hydrogen) atoms. The van der Waals surface area contributed by atoms with Gasteiger partial charge in [-0.3, -0.25) is 0 Å². The van der Waals surface area contributed by atoms with Crippen LogP contribution in [0.5, 0.6) is 5.75 Å². The van der Waals surface area contributed by atoms with E-state index in [2.05, 4.69) is 15.1 Å². The Hall–Kier alpha value is -2.89. The van der Waals surface area contributed by atoms with E-state index in [1.165, 1.54) is 0 Å². The number of aryl methyl sites for hydroxylation is 2. The zero-order valence-corrected chi connectivity index (χ0v) is 13.4. The Balaban J connectivity index is 2.02. The number of anilines is 1. The van der Waals surface area contributed by atoms with Crippen LogP contribution in [0, 0.1) is 13.8 Å². The van der Waals surface area contributed by atoms with Gasteiger partial charge in [-0.15, -0.1) is 0 Å². The van der Waals surface area contributed by atoms with Crippen LogP contribution in [0.4, 0.5) is 5.82 Å². The van der Waals surface area contributed by atoms with Gasteiger partial charge in [-0.2, -0.15) is 9.78 Å². The Morgan fingerprint density at radius 3 is 2.39 bits per heavy atom. The number of rotatable bonds is 4. The molecular formula is C17H19N5O. The molecule has 0 radical (unpaired) electrons. The van der Waals surface area contributed by atoms with Gasteiger partial charge in [0.25, 0.3) is 5.95 Å². The van der Waals surface area contributed by atoms with E-state index >= 15 is 0 Å². The minimum Gasteiger partial charge on any atom is -0.494 e. The van der Waals surface area contributed by atoms with Crippen molar-refractivity contribution in [3.05, 3.63) is 47.8 Å². The van der Waals surface area contributed by atoms with E-state index in [-0.39, 0.29) is 0 Å². The lowest BCUT2D eigenvalue weighted by molar-refractivity contribution is 0.340. The van der Waals surface area contributed by atoms with Crippen LogP contribution in [0.1, 0.15) is 18.3 Å². The van der Waals surface area contributed by atoms with Gasteiger partial charge in [0, 0.05) is 17.3 Å². The number of hydrogen-bond donors (Lipinski definition) is 1. The number of aromatic nitrogens is 4. The number of nitrogens with zero attached hydrogens (tertiary/aromatic N) is 4. The van der Waals surface area contributed by atoms with Gasteiger partial charge in [-0.05, 0) is 51.1 Å². The second-order valence-corrected chi connectivity index (χ2v) is 5.27. The highest BCUT2D eigenvalue weighted by Crippen LogP contribution is 2.22. The van der Waals surface area contributed by atoms with Crippen molar-refractivity contribution in [3.63, 3.8) is 0 Å². The van der Waals surface area contributed by atoms with Crippen molar-refractivity contribution in [2.75, 3.05) is 12.3 Å². The van der Waals surface area contributed by atoms with Crippen LogP contribution in [-0.2, 0) is 0 Å². The third-order valence-corrected chi connectivity index (χ3v) is 3.35. The van der Waals surface area contributed by atoms with E-state index in [1.807, 2.05) is 51.1 Å². The first-order valence-corrected chi connectivity index (χ1v) is 7.48. The van der Waals surface area contributed by atoms with Crippen molar-refractivity contribution in [1.29, 1.82) is 0 Å². The van der Waals surface area contributed by atoms with Crippen LogP contribution in [0.3, 0.4) is 0 Å². The fourth-order valence-corrected chi connectivity index (χ4v) is 2.36. The topological polar surface area (TPSA) is 78.8 Å². The maximum Gasteiger partial charge on any atom is 0.253 e. The van der Waals surface area contributed by atoms with Crippen LogP contribution in [0.25, 0.3) is 17.2 Å². The molecule has 0 saturated carbocycles. The molecule has 0 spiro atoms. The third kappa shape index (κ3) is 3.15. The van der Waals surface area contributed by atoms with Gasteiger partial charge in [0.15, 0.2) is 0 Å². The average molecular weight is 309 g/mol. The maximum absolute atomic E-state index is 5.97. The molecule has 6 heteroatoms. The molecule has 3 rings (SSSR count). The molecule has 0 amide bonds. The molecule has 0 bridgehead atoms. The van der Waals surface area contributed by atoms with Crippen LogP contribution < -0.4 is 10.5 Å². The standard InChI is InChI=1S/C17H19N5O/c1-4-23-14-7-5-13(6-8-14)15-9-11(2)19-17(20-15)22-16(18)10-12(3)21-22/h5-10H,4,18H2,1-3H3. The monoisotopic (exact) mass is 309 g/mol. The summed E-state index contributed by atoms with van der Waals surface area (Å²) in [6.07, 6.45) is 0. The van der Waals surface area contributed by atoms with Crippen molar-refractivity contribution >= 4 is 5.82 Å². The summed E-state index contributed by atoms with van der Waals surface area (Å²) in [5.74, 6) is 1.83. The Bertz CT molecular complexity index is 824. The van der Waals surface area contributed by atoms with E-state index in [9.17, 15) is 0 Å². The zero-order chi connectivity index (χ0) is 16.4. The normalized spacial score (nSPS) is 10.7. The smallest absolute Gasteiger partial charge is 0.253 e. The van der Waals surface area contributed by atoms with Gasteiger partial charge in [0.1, 0.15) is 11.6 Å². The van der Waals surface area contributed by atoms with Crippen LogP contribution in [0.2, 0.25) is 0 Å². The summed E-state index contributed by atoms with van der Waals surface area (Å²) in [4.78, 5) is 9.03. The minimum absolute atomic E-state index is 0.472. The first kappa shape index (κ1) is 15.0. The second-order valence-electron chi connectivity index (χ2n) is 5.27. The highest BCUT2D eigenvalue weighted by Gasteiger charge is 2.10. The molecule has 0 aliphatic heterocycles. The number of ether oxygens (including phenoxy) is 1. The van der Waals surface area contributed by atoms with Gasteiger partial charge in [-0.1, -0.05) is 0 Å². The van der Waals surface area contributed by atoms with Crippen molar-refractivity contribution in [2.24, 2.45) is 0 Å². The highest BCUT2D eigenvalue weighted by molar-refractivity contribution is 5.61. The Morgan fingerprint density at radius 1 is 1.04 bits per heavy atom. The van der Waals surface area contributed by atoms with E-state index in [1.54, 1.807) is 10.7 Å². The van der Waals surface area contributed by atoms with Crippen LogP contribution in [0.15, 0.2) is 36.4 Å². The second kappa shape index (κ2) is 6.08. The van der Waals surface area contributed by atoms with Gasteiger partial charge in [0.05, 0.1) is 18.0 Å². The van der Waals surface area contributed by atoms with E-state index in [0.29, 0.717) is 18.4 Å². The fourth-order valence-electron chi connectivity index (χ4n) is 2.36. The lowest BCUT2D eigenvalue weighted by atomic mass is 10.1. The lowest BCUT2D eigenvalue weighted by Gasteiger charge is -2.08. The molecule has 1 aromatic carbocycles. The predicted octanol–water partition coefficient (Wildman–Crippen LogP) is 2.93. The molecule has 0 atom stereocenters. The molecule has 3 aromatic rings. The number of nitrogen functional groups attached to an aromatic ring is 1. The highest BCUT2D eigenvalue weighted by atomic mass is 16.5. The molecule has 0 fully saturated rings. The van der Waals surface area contributed by atoms with Gasteiger partial charge >= 0.3 is 0 Å². The predicted molar refractivity (Wildman–Crippen MR) is 89.6 cm³/mol. The Labute approximate surface area is 135 Å². The van der Waals surface area contributed by atoms with Crippen molar-refractivity contribution < 1.29 is 4.74 Å². The van der Waals surface area contributed by atoms with E-state index in [0.717, 1.165) is 28.4 Å². The lowest BCUT2D eigenvalue weighted by Crippen LogP contribution is -2.08. The van der Waals surface area contributed by atoms with Gasteiger partial charge in [0.2, 0.25) is 0 Å². The summed E-state index contributed by atoms with van der Waals surface area (Å²) in [6, 6.07) is 11.6. The quantitative estimate of drug-likeness (QED) is 0.801. The number of hydrogen-bond acceptors (Lipinski definition) is 5. The number of nitrogens with two attached hydrogens (primary N) is 1. The molecule has 2 aromatic heterocycles. The van der Waals surface area contributed by atoms with E-state index in [4.69, 9.17) is 10.5 Å². The summed E-state index contributed by atoms with van der Waals surface area (Å²) in [6.45, 7) is 6.42. The van der Waals surface area contributed by atoms with Crippen molar-refractivity contribution in [2.45, 2.75) is 20.8 Å². The minimum atomic E-state index is 0.472. The molecular weight excluding hydrogens is 290 g/mol. The zero-order valence-electron chi connectivity index (χ0n) is 13.4. The molecule has 6 nitrogen and oxygen atoms in total. The summed E-state index contributed by atoms with van der Waals surface area (Å²) in [5.41, 5.74) is 9.46. The maximum atomic E-state index is 5.97. The average Bonchev–Trinajstić information content (AvgIpc) is 2.86. The summed E-state index contributed by atoms with van der Waals surface area (Å²) in [5, 5.41) is 4.34. The Kier molecular flexibility index (Phi) is 3.97. The first-order valence-electron chi connectivity index (χ1n) is 7.48. The molecule has 0 aliphatic carbocycles. The molecule has 118 valence electrons. The molecule has 0 unspecified atom stereocenters. The number of benzene rings is 1. The van der Waals surface area contributed by atoms with Crippen LogP contribution in [-0.4, -0.2) is 26.4 Å². The third-order valence-electron chi connectivity index (χ3n) is 3.35. The van der Waals surface area contributed by atoms with Crippen LogP contribution >= 0.6 is 0 Å².